The van der Waals surface area contributed by atoms with Gasteiger partial charge < -0.3 is 10.1 Å². The minimum Gasteiger partial charge on any atom is -0.497 e. The minimum atomic E-state index is 0.824. The molecule has 0 bridgehead atoms. The van der Waals surface area contributed by atoms with Crippen LogP contribution in [0.25, 0.3) is 0 Å². The summed E-state index contributed by atoms with van der Waals surface area (Å²) in [7, 11) is 3.67. The van der Waals surface area contributed by atoms with Crippen LogP contribution >= 0.6 is 0 Å². The van der Waals surface area contributed by atoms with E-state index in [0.717, 1.165) is 24.5 Å². The maximum absolute atomic E-state index is 5.22. The van der Waals surface area contributed by atoms with Crippen molar-refractivity contribution in [3.8, 4) is 5.75 Å². The summed E-state index contributed by atoms with van der Waals surface area (Å²) in [5.74, 6) is 0.896. The van der Waals surface area contributed by atoms with Crippen LogP contribution < -0.4 is 10.1 Å². The van der Waals surface area contributed by atoms with E-state index in [-0.39, 0.29) is 0 Å². The highest BCUT2D eigenvalue weighted by atomic mass is 16.5. The fourth-order valence-corrected chi connectivity index (χ4v) is 2.19. The molecular weight excluding hydrogens is 238 g/mol. The summed E-state index contributed by atoms with van der Waals surface area (Å²) in [6.45, 7) is 5.81. The number of nitrogens with zero attached hydrogens (tertiary/aromatic N) is 2. The predicted molar refractivity (Wildman–Crippen MR) is 76.2 cm³/mol. The maximum atomic E-state index is 5.22. The van der Waals surface area contributed by atoms with Crippen molar-refractivity contribution in [2.75, 3.05) is 7.11 Å². The van der Waals surface area contributed by atoms with Gasteiger partial charge in [-0.1, -0.05) is 12.1 Å². The Balaban J connectivity index is 1.96. The zero-order chi connectivity index (χ0) is 13.8. The van der Waals surface area contributed by atoms with E-state index in [2.05, 4.69) is 36.4 Å². The summed E-state index contributed by atoms with van der Waals surface area (Å²) in [6.07, 6.45) is 0. The van der Waals surface area contributed by atoms with Crippen LogP contribution in [0.15, 0.2) is 24.3 Å². The molecule has 4 nitrogen and oxygen atoms in total. The summed E-state index contributed by atoms with van der Waals surface area (Å²) < 4.78 is 7.15. The highest BCUT2D eigenvalue weighted by molar-refractivity contribution is 5.28. The molecule has 0 fully saturated rings. The van der Waals surface area contributed by atoms with Crippen LogP contribution in [0.5, 0.6) is 5.75 Å². The quantitative estimate of drug-likeness (QED) is 0.895. The zero-order valence-electron chi connectivity index (χ0n) is 12.0. The second-order valence-corrected chi connectivity index (χ2v) is 4.73. The number of methoxy groups -OCH3 is 1. The second-order valence-electron chi connectivity index (χ2n) is 4.73. The molecule has 0 saturated carbocycles. The molecule has 1 aromatic carbocycles. The number of nitrogens with one attached hydrogen (secondary N) is 1. The first-order valence-corrected chi connectivity index (χ1v) is 6.44. The first kappa shape index (κ1) is 13.6. The van der Waals surface area contributed by atoms with Crippen molar-refractivity contribution in [1.29, 1.82) is 0 Å². The Kier molecular flexibility index (Phi) is 4.22. The van der Waals surface area contributed by atoms with E-state index in [0.29, 0.717) is 0 Å². The number of aryl methyl sites for hydroxylation is 2. The standard InChI is InChI=1S/C15H21N3O/c1-11-15(12(2)18(3)17-11)10-16-9-13-6-5-7-14(8-13)19-4/h5-8,16H,9-10H2,1-4H3. The molecule has 1 aromatic heterocycles. The van der Waals surface area contributed by atoms with Gasteiger partial charge in [-0.25, -0.2) is 0 Å². The smallest absolute Gasteiger partial charge is 0.119 e. The van der Waals surface area contributed by atoms with Gasteiger partial charge in [0.2, 0.25) is 0 Å². The molecule has 0 atom stereocenters. The molecular formula is C15H21N3O. The molecule has 0 unspecified atom stereocenters. The number of rotatable bonds is 5. The lowest BCUT2D eigenvalue weighted by Gasteiger charge is -2.07. The molecule has 0 spiro atoms. The fraction of sp³-hybridized carbons (Fsp3) is 0.400. The lowest BCUT2D eigenvalue weighted by atomic mass is 10.2. The van der Waals surface area contributed by atoms with Crippen molar-refractivity contribution in [2.24, 2.45) is 7.05 Å². The van der Waals surface area contributed by atoms with Gasteiger partial charge in [0.25, 0.3) is 0 Å². The Morgan fingerprint density at radius 3 is 2.68 bits per heavy atom. The molecule has 0 aliphatic carbocycles. The largest absolute Gasteiger partial charge is 0.497 e. The van der Waals surface area contributed by atoms with Crippen LogP contribution in [0.3, 0.4) is 0 Å². The monoisotopic (exact) mass is 259 g/mol. The van der Waals surface area contributed by atoms with Crippen molar-refractivity contribution in [3.05, 3.63) is 46.8 Å². The van der Waals surface area contributed by atoms with Crippen molar-refractivity contribution in [3.63, 3.8) is 0 Å². The molecule has 19 heavy (non-hydrogen) atoms. The second kappa shape index (κ2) is 5.89. The Hall–Kier alpha value is -1.81. The molecule has 0 aliphatic heterocycles. The third-order valence-electron chi connectivity index (χ3n) is 3.42. The first-order chi connectivity index (χ1) is 9.11. The number of ether oxygens (including phenoxy) is 1. The molecule has 0 saturated heterocycles. The van der Waals surface area contributed by atoms with Crippen molar-refractivity contribution < 1.29 is 4.74 Å². The van der Waals surface area contributed by atoms with Crippen molar-refractivity contribution in [1.82, 2.24) is 15.1 Å². The van der Waals surface area contributed by atoms with Gasteiger partial charge in [0.05, 0.1) is 12.8 Å². The summed E-state index contributed by atoms with van der Waals surface area (Å²) in [5.41, 5.74) is 4.82. The Morgan fingerprint density at radius 1 is 1.26 bits per heavy atom. The average molecular weight is 259 g/mol. The van der Waals surface area contributed by atoms with Gasteiger partial charge in [-0.3, -0.25) is 4.68 Å². The Morgan fingerprint density at radius 2 is 2.05 bits per heavy atom. The van der Waals surface area contributed by atoms with Crippen molar-refractivity contribution in [2.45, 2.75) is 26.9 Å². The van der Waals surface area contributed by atoms with E-state index in [4.69, 9.17) is 4.74 Å². The lowest BCUT2D eigenvalue weighted by molar-refractivity contribution is 0.414. The summed E-state index contributed by atoms with van der Waals surface area (Å²) in [4.78, 5) is 0. The summed E-state index contributed by atoms with van der Waals surface area (Å²) in [5, 5.41) is 7.88. The van der Waals surface area contributed by atoms with E-state index in [1.165, 1.54) is 16.8 Å². The highest BCUT2D eigenvalue weighted by Crippen LogP contribution is 2.14. The van der Waals surface area contributed by atoms with Gasteiger partial charge in [-0.15, -0.1) is 0 Å². The Labute approximate surface area is 114 Å². The van der Waals surface area contributed by atoms with Crippen LogP contribution in [0.1, 0.15) is 22.5 Å². The SMILES string of the molecule is COc1cccc(CNCc2c(C)nn(C)c2C)c1. The van der Waals surface area contributed by atoms with Crippen LogP contribution in [-0.4, -0.2) is 16.9 Å². The van der Waals surface area contributed by atoms with Crippen LogP contribution in [0.4, 0.5) is 0 Å². The van der Waals surface area contributed by atoms with E-state index in [1.54, 1.807) is 7.11 Å². The zero-order valence-corrected chi connectivity index (χ0v) is 12.0. The molecule has 2 rings (SSSR count). The molecule has 1 N–H and O–H groups in total. The molecule has 2 aromatic rings. The van der Waals surface area contributed by atoms with Gasteiger partial charge >= 0.3 is 0 Å². The van der Waals surface area contributed by atoms with Gasteiger partial charge in [-0.2, -0.15) is 5.10 Å². The summed E-state index contributed by atoms with van der Waals surface area (Å²) >= 11 is 0. The third kappa shape index (κ3) is 3.15. The topological polar surface area (TPSA) is 39.1 Å². The fourth-order valence-electron chi connectivity index (χ4n) is 2.19. The minimum absolute atomic E-state index is 0.824. The van der Waals surface area contributed by atoms with Crippen molar-refractivity contribution >= 4 is 0 Å². The lowest BCUT2D eigenvalue weighted by Crippen LogP contribution is -2.14. The molecule has 0 aliphatic rings. The van der Waals surface area contributed by atoms with E-state index >= 15 is 0 Å². The van der Waals surface area contributed by atoms with E-state index in [9.17, 15) is 0 Å². The molecule has 1 heterocycles. The molecule has 102 valence electrons. The number of hydrogen-bond donors (Lipinski definition) is 1. The number of hydrogen-bond acceptors (Lipinski definition) is 3. The number of benzene rings is 1. The molecule has 0 amide bonds. The van der Waals surface area contributed by atoms with Gasteiger partial charge in [0, 0.05) is 31.4 Å². The van der Waals surface area contributed by atoms with E-state index < -0.39 is 0 Å². The molecule has 4 heteroatoms. The van der Waals surface area contributed by atoms with Crippen LogP contribution in [-0.2, 0) is 20.1 Å². The van der Waals surface area contributed by atoms with Crippen LogP contribution in [0.2, 0.25) is 0 Å². The summed E-state index contributed by atoms with van der Waals surface area (Å²) in [6, 6.07) is 8.11. The average Bonchev–Trinajstić information content (AvgIpc) is 2.65. The molecule has 0 radical (unpaired) electrons. The third-order valence-corrected chi connectivity index (χ3v) is 3.42. The first-order valence-electron chi connectivity index (χ1n) is 6.44. The van der Waals surface area contributed by atoms with Crippen LogP contribution in [0, 0.1) is 13.8 Å². The van der Waals surface area contributed by atoms with Gasteiger partial charge in [0.15, 0.2) is 0 Å². The normalized spacial score (nSPS) is 10.7. The number of aromatic nitrogens is 2. The Bertz CT molecular complexity index is 561. The predicted octanol–water partition coefficient (Wildman–Crippen LogP) is 2.34. The maximum Gasteiger partial charge on any atom is 0.119 e. The van der Waals surface area contributed by atoms with Gasteiger partial charge in [-0.05, 0) is 31.5 Å². The van der Waals surface area contributed by atoms with E-state index in [1.807, 2.05) is 23.9 Å². The van der Waals surface area contributed by atoms with Gasteiger partial charge in [0.1, 0.15) is 5.75 Å². The highest BCUT2D eigenvalue weighted by Gasteiger charge is 2.08.